The van der Waals surface area contributed by atoms with Gasteiger partial charge in [-0.2, -0.15) is 0 Å². The molecule has 2 aliphatic rings. The Balaban J connectivity index is 1.22. The molecule has 1 aliphatic heterocycles. The Morgan fingerprint density at radius 2 is 1.69 bits per heavy atom. The zero-order chi connectivity index (χ0) is 38.4. The minimum absolute atomic E-state index is 0.292. The van der Waals surface area contributed by atoms with Crippen LogP contribution in [0.2, 0.25) is 0 Å². The van der Waals surface area contributed by atoms with Gasteiger partial charge in [-0.25, -0.2) is 0 Å². The van der Waals surface area contributed by atoms with Crippen molar-refractivity contribution >= 4 is 38.4 Å². The van der Waals surface area contributed by atoms with Gasteiger partial charge in [0.15, 0.2) is 0 Å². The third kappa shape index (κ3) is 3.75. The van der Waals surface area contributed by atoms with E-state index in [1.54, 1.807) is 18.2 Å². The SMILES string of the molecule is [2H]C([2H])([2H])c1ccc2c3c1c1ccc(Oc4[c-]c(-n5[c](=[Pt])n(C([2H])([2H])[2H])c6ccccc65)ccc4)[c-]c1c1nc4c(n13)C(C)(CCc1ccccc1-4)C2(C)C. The number of ether oxygens (including phenoxy) is 1. The maximum Gasteiger partial charge on any atom is 0.0191 e. The zero-order valence-electron chi connectivity index (χ0n) is 33.1. The molecule has 49 heavy (non-hydrogen) atoms. The van der Waals surface area contributed by atoms with Gasteiger partial charge >= 0.3 is 197 Å². The molecule has 0 fully saturated rings. The molecule has 1 atom stereocenters. The van der Waals surface area contributed by atoms with Crippen LogP contribution in [0.3, 0.4) is 0 Å². The van der Waals surface area contributed by atoms with Crippen LogP contribution in [0, 0.1) is 22.8 Å². The van der Waals surface area contributed by atoms with Crippen LogP contribution in [0.1, 0.15) is 57.8 Å². The van der Waals surface area contributed by atoms with Crippen molar-refractivity contribution in [3.8, 4) is 28.4 Å². The molecule has 3 aromatic heterocycles. The summed E-state index contributed by atoms with van der Waals surface area (Å²) in [4.78, 5) is 5.46. The van der Waals surface area contributed by atoms with Crippen LogP contribution in [0.15, 0.2) is 91.0 Å². The summed E-state index contributed by atoms with van der Waals surface area (Å²) in [6.45, 7) is 2.17. The van der Waals surface area contributed by atoms with E-state index in [-0.39, 0.29) is 10.8 Å². The van der Waals surface area contributed by atoms with Crippen molar-refractivity contribution in [2.24, 2.45) is 6.98 Å². The summed E-state index contributed by atoms with van der Waals surface area (Å²) in [5.74, 6) is 0.824. The van der Waals surface area contributed by atoms with Crippen LogP contribution < -0.4 is 4.74 Å². The Morgan fingerprint density at radius 1 is 0.878 bits per heavy atom. The van der Waals surface area contributed by atoms with Crippen molar-refractivity contribution in [2.75, 3.05) is 0 Å². The summed E-state index contributed by atoms with van der Waals surface area (Å²) >= 11 is 2.05. The van der Waals surface area contributed by atoms with Gasteiger partial charge in [0.05, 0.1) is 0 Å². The number of benzene rings is 5. The average molecular weight is 824 g/mol. The second kappa shape index (κ2) is 9.92. The quantitative estimate of drug-likeness (QED) is 0.132. The van der Waals surface area contributed by atoms with Gasteiger partial charge in [-0.3, -0.25) is 0 Å². The molecule has 0 amide bonds. The molecule has 4 heterocycles. The van der Waals surface area contributed by atoms with E-state index in [1.165, 1.54) is 10.1 Å². The Bertz CT molecular complexity index is 3020. The normalized spacial score (nSPS) is 20.0. The first-order valence-corrected chi connectivity index (χ1v) is 17.6. The van der Waals surface area contributed by atoms with Gasteiger partial charge in [-0.15, -0.1) is 0 Å². The molecule has 0 saturated heterocycles. The van der Waals surface area contributed by atoms with Crippen LogP contribution in [-0.4, -0.2) is 18.5 Å². The standard InChI is InChI=1S/C43H34N4O.Pt/c1-26-17-20-34-39-37(26)32-19-18-30(48-29-13-10-12-28(23-29)46-25-45(5)35-15-8-9-16-36(35)46)24-33(32)41-44-38-31-14-7-6-11-27(31)21-22-43(4,42(34,2)3)40(38)47(39)41;/h6-20H,21-22H2,1-5H3;/q-2;/i1D3,5D3;. The predicted molar refractivity (Wildman–Crippen MR) is 192 cm³/mol. The molecule has 5 nitrogen and oxygen atoms in total. The molecule has 1 unspecified atom stereocenters. The number of rotatable bonds is 3. The number of fused-ring (bicyclic) bond motifs is 6. The first-order chi connectivity index (χ1) is 26.1. The van der Waals surface area contributed by atoms with Crippen molar-refractivity contribution in [3.63, 3.8) is 0 Å². The van der Waals surface area contributed by atoms with Crippen LogP contribution in [-0.2, 0) is 43.6 Å². The second-order valence-electron chi connectivity index (χ2n) is 14.0. The Labute approximate surface area is 304 Å². The molecule has 0 spiro atoms. The predicted octanol–water partition coefficient (Wildman–Crippen LogP) is 9.87. The molecule has 8 aromatic rings. The zero-order valence-corrected chi connectivity index (χ0v) is 29.4. The van der Waals surface area contributed by atoms with Crippen molar-refractivity contribution in [3.05, 3.63) is 129 Å². The fraction of sp³-hybridized carbons (Fsp3) is 0.209. The fourth-order valence-corrected chi connectivity index (χ4v) is 9.31. The maximum atomic E-state index is 8.66. The molecule has 10 rings (SSSR count). The third-order valence-electron chi connectivity index (χ3n) is 11.4. The molecule has 1 aliphatic carbocycles. The van der Waals surface area contributed by atoms with Gasteiger partial charge in [-0.05, 0) is 30.8 Å². The van der Waals surface area contributed by atoms with E-state index in [0.717, 1.165) is 51.8 Å². The van der Waals surface area contributed by atoms with E-state index in [4.69, 9.17) is 17.9 Å². The minimum Gasteiger partial charge on any atom is -0.0619 e. The molecule has 244 valence electrons. The summed E-state index contributed by atoms with van der Waals surface area (Å²) in [7, 11) is 0. The van der Waals surface area contributed by atoms with Gasteiger partial charge in [0.1, 0.15) is 0 Å². The first kappa shape index (κ1) is 23.6. The van der Waals surface area contributed by atoms with Crippen LogP contribution in [0.4, 0.5) is 0 Å². The number of aromatic nitrogens is 4. The summed E-state index contributed by atoms with van der Waals surface area (Å²) in [6.07, 6.45) is 1.81. The van der Waals surface area contributed by atoms with E-state index >= 15 is 0 Å². The van der Waals surface area contributed by atoms with Gasteiger partial charge < -0.3 is 0 Å². The number of nitrogens with zero attached hydrogens (tertiary/aromatic N) is 4. The van der Waals surface area contributed by atoms with Crippen molar-refractivity contribution in [1.82, 2.24) is 18.5 Å². The molecule has 0 N–H and O–H groups in total. The second-order valence-corrected chi connectivity index (χ2v) is 15.0. The number of hydrogen-bond donors (Lipinski definition) is 0. The third-order valence-corrected chi connectivity index (χ3v) is 12.4. The first-order valence-electron chi connectivity index (χ1n) is 19.5. The summed E-state index contributed by atoms with van der Waals surface area (Å²) in [6, 6.07) is 35.8. The van der Waals surface area contributed by atoms with Crippen molar-refractivity contribution < 1.29 is 32.3 Å². The molecular formula is C43H34N4OPt-2. The fourth-order valence-electron chi connectivity index (χ4n) is 8.49. The van der Waals surface area contributed by atoms with Crippen LogP contribution in [0.25, 0.3) is 55.3 Å². The minimum atomic E-state index is -2.38. The largest absolute Gasteiger partial charge is 0.0619 e. The molecule has 6 heteroatoms. The molecule has 0 bridgehead atoms. The van der Waals surface area contributed by atoms with Crippen molar-refractivity contribution in [2.45, 2.75) is 51.3 Å². The topological polar surface area (TPSA) is 36.4 Å². The Morgan fingerprint density at radius 3 is 2.55 bits per heavy atom. The van der Waals surface area contributed by atoms with Crippen LogP contribution >= 0.6 is 0 Å². The number of para-hydroxylation sites is 2. The summed E-state index contributed by atoms with van der Waals surface area (Å²) in [5.41, 5.74) is 8.62. The van der Waals surface area contributed by atoms with E-state index in [9.17, 15) is 0 Å². The molecule has 0 radical (unpaired) electrons. The van der Waals surface area contributed by atoms with E-state index < -0.39 is 13.8 Å². The van der Waals surface area contributed by atoms with E-state index in [2.05, 4.69) is 61.6 Å². The number of hydrogen-bond acceptors (Lipinski definition) is 2. The smallest absolute Gasteiger partial charge is 0.0191 e. The van der Waals surface area contributed by atoms with Crippen LogP contribution in [0.5, 0.6) is 11.5 Å². The summed E-state index contributed by atoms with van der Waals surface area (Å²) < 4.78 is 63.1. The molecule has 5 aromatic carbocycles. The van der Waals surface area contributed by atoms with Gasteiger partial charge in [-0.1, -0.05) is 57.2 Å². The maximum absolute atomic E-state index is 8.66. The number of aryl methyl sites for hydroxylation is 3. The van der Waals surface area contributed by atoms with Gasteiger partial charge in [0.2, 0.25) is 0 Å². The number of pyridine rings is 1. The van der Waals surface area contributed by atoms with Crippen molar-refractivity contribution in [1.29, 1.82) is 0 Å². The molecular weight excluding hydrogens is 784 g/mol. The average Bonchev–Trinajstić information content (AvgIpc) is 3.65. The Kier molecular flexibility index (Phi) is 4.78. The van der Waals surface area contributed by atoms with Gasteiger partial charge in [0.25, 0.3) is 0 Å². The van der Waals surface area contributed by atoms with E-state index in [1.807, 2.05) is 72.5 Å². The summed E-state index contributed by atoms with van der Waals surface area (Å²) in [5, 5.41) is 2.10. The monoisotopic (exact) mass is 823 g/mol. The Hall–Kier alpha value is -4.73. The number of imidazole rings is 2. The van der Waals surface area contributed by atoms with Gasteiger partial charge in [0, 0.05) is 20.5 Å². The van der Waals surface area contributed by atoms with E-state index in [0.29, 0.717) is 48.5 Å². The molecule has 0 saturated carbocycles.